The Hall–Kier alpha value is -4.39. The molecule has 0 aromatic heterocycles. The maximum absolute atomic E-state index is 13.5. The molecule has 160 valence electrons. The summed E-state index contributed by atoms with van der Waals surface area (Å²) >= 11 is 0. The third kappa shape index (κ3) is 4.67. The van der Waals surface area contributed by atoms with Gasteiger partial charge in [-0.05, 0) is 48.9 Å². The lowest BCUT2D eigenvalue weighted by atomic mass is 9.94. The Morgan fingerprint density at radius 2 is 1.25 bits per heavy atom. The summed E-state index contributed by atoms with van der Waals surface area (Å²) in [5.41, 5.74) is 0.702. The van der Waals surface area contributed by atoms with Crippen molar-refractivity contribution in [2.45, 2.75) is 13.0 Å². The average molecular weight is 428 g/mol. The number of carbonyl (C=O) groups excluding carboxylic acids is 3. The summed E-state index contributed by atoms with van der Waals surface area (Å²) in [6.07, 6.45) is 0. The van der Waals surface area contributed by atoms with Gasteiger partial charge >= 0.3 is 0 Å². The highest BCUT2D eigenvalue weighted by Crippen LogP contribution is 2.32. The summed E-state index contributed by atoms with van der Waals surface area (Å²) in [5, 5.41) is 11.1. The van der Waals surface area contributed by atoms with Gasteiger partial charge in [-0.15, -0.1) is 0 Å². The zero-order valence-corrected chi connectivity index (χ0v) is 17.3. The van der Waals surface area contributed by atoms with E-state index >= 15 is 0 Å². The van der Waals surface area contributed by atoms with Crippen LogP contribution in [0.3, 0.4) is 0 Å². The summed E-state index contributed by atoms with van der Waals surface area (Å²) in [5.74, 6) is -1.66. The van der Waals surface area contributed by atoms with Crippen molar-refractivity contribution in [2.24, 2.45) is 0 Å². The molecule has 7 heteroatoms. The van der Waals surface area contributed by atoms with E-state index in [0.717, 1.165) is 4.90 Å². The van der Waals surface area contributed by atoms with E-state index in [0.29, 0.717) is 5.56 Å². The summed E-state index contributed by atoms with van der Waals surface area (Å²) in [6, 6.07) is 20.6. The van der Waals surface area contributed by atoms with Gasteiger partial charge in [-0.1, -0.05) is 43.0 Å². The number of hydrogen-bond acceptors (Lipinski definition) is 5. The quantitative estimate of drug-likeness (QED) is 0.234. The molecule has 0 aliphatic rings. The van der Waals surface area contributed by atoms with Crippen LogP contribution in [0.5, 0.6) is 0 Å². The first-order valence-corrected chi connectivity index (χ1v) is 9.73. The fourth-order valence-corrected chi connectivity index (χ4v) is 3.24. The van der Waals surface area contributed by atoms with E-state index in [1.54, 1.807) is 60.7 Å². The number of rotatable bonds is 7. The number of nitro benzene ring substituents is 1. The number of hydrogen-bond donors (Lipinski definition) is 0. The van der Waals surface area contributed by atoms with E-state index in [1.807, 2.05) is 0 Å². The predicted molar refractivity (Wildman–Crippen MR) is 119 cm³/mol. The number of ketones is 1. The Bertz CT molecular complexity index is 1120. The van der Waals surface area contributed by atoms with Gasteiger partial charge in [0.15, 0.2) is 5.78 Å². The molecule has 32 heavy (non-hydrogen) atoms. The number of nitrogens with zero attached hydrogens (tertiary/aromatic N) is 2. The highest BCUT2D eigenvalue weighted by molar-refractivity contribution is 6.11. The number of imide groups is 1. The minimum absolute atomic E-state index is 0.00687. The second-order valence-electron chi connectivity index (χ2n) is 7.04. The van der Waals surface area contributed by atoms with E-state index in [1.165, 1.54) is 31.2 Å². The first-order chi connectivity index (χ1) is 15.3. The van der Waals surface area contributed by atoms with Gasteiger partial charge in [0.05, 0.1) is 11.0 Å². The van der Waals surface area contributed by atoms with Crippen LogP contribution < -0.4 is 0 Å². The molecule has 0 aliphatic carbocycles. The maximum atomic E-state index is 13.5. The second kappa shape index (κ2) is 9.61. The molecule has 0 saturated carbocycles. The lowest BCUT2D eigenvalue weighted by Gasteiger charge is -2.31. The van der Waals surface area contributed by atoms with Crippen molar-refractivity contribution in [2.75, 3.05) is 0 Å². The van der Waals surface area contributed by atoms with Crippen LogP contribution in [0.2, 0.25) is 0 Å². The standard InChI is InChI=1S/C25H20N2O5/c1-17(18(2)28)23(19-13-15-22(16-14-19)27(31)32)26(24(29)20-9-5-3-6-10-20)25(30)21-11-7-4-8-12-21/h3-16,23H,1H2,2H3. The number of carbonyl (C=O) groups is 3. The summed E-state index contributed by atoms with van der Waals surface area (Å²) in [7, 11) is 0. The van der Waals surface area contributed by atoms with Gasteiger partial charge in [0.1, 0.15) is 0 Å². The van der Waals surface area contributed by atoms with Crippen molar-refractivity contribution >= 4 is 23.3 Å². The number of nitro groups is 1. The molecule has 0 radical (unpaired) electrons. The van der Waals surface area contributed by atoms with Crippen LogP contribution in [-0.2, 0) is 4.79 Å². The molecule has 0 spiro atoms. The monoisotopic (exact) mass is 428 g/mol. The molecule has 1 unspecified atom stereocenters. The minimum Gasteiger partial charge on any atom is -0.295 e. The van der Waals surface area contributed by atoms with E-state index in [4.69, 9.17) is 0 Å². The van der Waals surface area contributed by atoms with Gasteiger partial charge in [-0.3, -0.25) is 29.4 Å². The molecule has 0 aliphatic heterocycles. The van der Waals surface area contributed by atoms with Gasteiger partial charge < -0.3 is 0 Å². The van der Waals surface area contributed by atoms with Gasteiger partial charge in [0, 0.05) is 28.8 Å². The first-order valence-electron chi connectivity index (χ1n) is 9.73. The van der Waals surface area contributed by atoms with Gasteiger partial charge in [0.25, 0.3) is 17.5 Å². The SMILES string of the molecule is C=C(C(C)=O)C(c1ccc([N+](=O)[O-])cc1)N(C(=O)c1ccccc1)C(=O)c1ccccc1. The highest BCUT2D eigenvalue weighted by atomic mass is 16.6. The average Bonchev–Trinajstić information content (AvgIpc) is 2.82. The van der Waals surface area contributed by atoms with E-state index < -0.39 is 28.6 Å². The van der Waals surface area contributed by atoms with Crippen LogP contribution in [-0.4, -0.2) is 27.4 Å². The molecule has 3 aromatic rings. The molecule has 1 atom stereocenters. The molecule has 2 amide bonds. The van der Waals surface area contributed by atoms with Crippen molar-refractivity contribution in [1.82, 2.24) is 4.90 Å². The number of non-ortho nitro benzene ring substituents is 1. The summed E-state index contributed by atoms with van der Waals surface area (Å²) in [4.78, 5) is 50.8. The van der Waals surface area contributed by atoms with Crippen molar-refractivity contribution in [3.63, 3.8) is 0 Å². The molecular weight excluding hydrogens is 408 g/mol. The number of Topliss-reactive ketones (excluding diaryl/α,β-unsaturated/α-hetero) is 1. The fourth-order valence-electron chi connectivity index (χ4n) is 3.24. The van der Waals surface area contributed by atoms with E-state index in [2.05, 4.69) is 6.58 Å². The summed E-state index contributed by atoms with van der Waals surface area (Å²) in [6.45, 7) is 5.12. The van der Waals surface area contributed by atoms with Crippen molar-refractivity contribution < 1.29 is 19.3 Å². The smallest absolute Gasteiger partial charge is 0.269 e. The molecule has 3 rings (SSSR count). The molecule has 0 bridgehead atoms. The Morgan fingerprint density at radius 3 is 1.62 bits per heavy atom. The second-order valence-corrected chi connectivity index (χ2v) is 7.04. The van der Waals surface area contributed by atoms with Crippen LogP contribution in [0.1, 0.15) is 39.2 Å². The van der Waals surface area contributed by atoms with Crippen LogP contribution in [0.15, 0.2) is 97.1 Å². The summed E-state index contributed by atoms with van der Waals surface area (Å²) < 4.78 is 0. The number of amides is 2. The van der Waals surface area contributed by atoms with Gasteiger partial charge in [-0.25, -0.2) is 0 Å². The number of benzene rings is 3. The molecule has 0 N–H and O–H groups in total. The molecule has 7 nitrogen and oxygen atoms in total. The van der Waals surface area contributed by atoms with Crippen molar-refractivity contribution in [3.05, 3.63) is 124 Å². The third-order valence-electron chi connectivity index (χ3n) is 4.94. The zero-order valence-electron chi connectivity index (χ0n) is 17.3. The maximum Gasteiger partial charge on any atom is 0.269 e. The van der Waals surface area contributed by atoms with Crippen molar-refractivity contribution in [1.29, 1.82) is 0 Å². The highest BCUT2D eigenvalue weighted by Gasteiger charge is 2.35. The Morgan fingerprint density at radius 1 is 0.812 bits per heavy atom. The normalized spacial score (nSPS) is 11.3. The predicted octanol–water partition coefficient (Wildman–Crippen LogP) is 4.76. The topological polar surface area (TPSA) is 97.6 Å². The lowest BCUT2D eigenvalue weighted by Crippen LogP contribution is -2.41. The third-order valence-corrected chi connectivity index (χ3v) is 4.94. The Balaban J connectivity index is 2.19. The van der Waals surface area contributed by atoms with E-state index in [-0.39, 0.29) is 22.4 Å². The lowest BCUT2D eigenvalue weighted by molar-refractivity contribution is -0.384. The molecular formula is C25H20N2O5. The Kier molecular flexibility index (Phi) is 6.70. The zero-order chi connectivity index (χ0) is 23.3. The molecule has 0 fully saturated rings. The van der Waals surface area contributed by atoms with Crippen LogP contribution >= 0.6 is 0 Å². The van der Waals surface area contributed by atoms with E-state index in [9.17, 15) is 24.5 Å². The molecule has 0 heterocycles. The van der Waals surface area contributed by atoms with Crippen LogP contribution in [0.4, 0.5) is 5.69 Å². The van der Waals surface area contributed by atoms with Crippen LogP contribution in [0, 0.1) is 10.1 Å². The molecule has 3 aromatic carbocycles. The Labute approximate surface area is 184 Å². The minimum atomic E-state index is -1.14. The largest absolute Gasteiger partial charge is 0.295 e. The molecule has 0 saturated heterocycles. The first kappa shape index (κ1) is 22.3. The van der Waals surface area contributed by atoms with Crippen molar-refractivity contribution in [3.8, 4) is 0 Å². The fraction of sp³-hybridized carbons (Fsp3) is 0.0800. The van der Waals surface area contributed by atoms with Crippen LogP contribution in [0.25, 0.3) is 0 Å². The van der Waals surface area contributed by atoms with Gasteiger partial charge in [-0.2, -0.15) is 0 Å². The van der Waals surface area contributed by atoms with Gasteiger partial charge in [0.2, 0.25) is 0 Å².